The summed E-state index contributed by atoms with van der Waals surface area (Å²) in [6.45, 7) is 6.64. The fourth-order valence-electron chi connectivity index (χ4n) is 2.76. The van der Waals surface area contributed by atoms with Crippen LogP contribution in [0.25, 0.3) is 0 Å². The van der Waals surface area contributed by atoms with Gasteiger partial charge in [0.2, 0.25) is 0 Å². The van der Waals surface area contributed by atoms with E-state index in [0.29, 0.717) is 5.92 Å². The van der Waals surface area contributed by atoms with Gasteiger partial charge in [-0.1, -0.05) is 6.92 Å². The lowest BCUT2D eigenvalue weighted by Gasteiger charge is -2.31. The van der Waals surface area contributed by atoms with Crippen LogP contribution in [0.15, 0.2) is 12.4 Å². The number of hydrogen-bond donors (Lipinski definition) is 1. The molecule has 0 bridgehead atoms. The summed E-state index contributed by atoms with van der Waals surface area (Å²) in [5.41, 5.74) is 1.22. The quantitative estimate of drug-likeness (QED) is 0.740. The van der Waals surface area contributed by atoms with Crippen LogP contribution in [0.1, 0.15) is 37.9 Å². The zero-order valence-electron chi connectivity index (χ0n) is 12.7. The van der Waals surface area contributed by atoms with E-state index in [0.717, 1.165) is 45.7 Å². The molecule has 2 atom stereocenters. The zero-order valence-corrected chi connectivity index (χ0v) is 12.7. The molecule has 1 aromatic rings. The first-order valence-electron chi connectivity index (χ1n) is 7.68. The second-order valence-corrected chi connectivity index (χ2v) is 5.43. The Kier molecular flexibility index (Phi) is 6.50. The van der Waals surface area contributed by atoms with Gasteiger partial charge in [-0.3, -0.25) is 4.68 Å². The maximum Gasteiger partial charge on any atom is 0.0895 e. The van der Waals surface area contributed by atoms with Crippen LogP contribution >= 0.6 is 0 Å². The summed E-state index contributed by atoms with van der Waals surface area (Å²) in [5.74, 6) is 0.528. The van der Waals surface area contributed by atoms with E-state index in [-0.39, 0.29) is 6.10 Å². The molecule has 114 valence electrons. The molecule has 1 fully saturated rings. The Morgan fingerprint density at radius 3 is 3.25 bits per heavy atom. The minimum Gasteiger partial charge on any atom is -0.383 e. The highest BCUT2D eigenvalue weighted by Crippen LogP contribution is 2.32. The average molecular weight is 281 g/mol. The maximum atomic E-state index is 6.00. The average Bonchev–Trinajstić information content (AvgIpc) is 2.93. The van der Waals surface area contributed by atoms with Crippen LogP contribution in [0.2, 0.25) is 0 Å². The van der Waals surface area contributed by atoms with Crippen molar-refractivity contribution in [2.24, 2.45) is 5.92 Å². The molecule has 0 radical (unpaired) electrons. The molecule has 2 rings (SSSR count). The first kappa shape index (κ1) is 15.5. The standard InChI is InChI=1S/C15H27N3O2/c1-3-7-18-12-14(11-17-18)15-13(5-4-8-20-15)10-16-6-9-19-2/h11-13,15-16H,3-10H2,1-2H3. The fraction of sp³-hybridized carbons (Fsp3) is 0.800. The highest BCUT2D eigenvalue weighted by molar-refractivity contribution is 5.10. The van der Waals surface area contributed by atoms with E-state index in [4.69, 9.17) is 9.47 Å². The van der Waals surface area contributed by atoms with Gasteiger partial charge < -0.3 is 14.8 Å². The second-order valence-electron chi connectivity index (χ2n) is 5.43. The molecular formula is C15H27N3O2. The van der Waals surface area contributed by atoms with Crippen LogP contribution in [-0.4, -0.2) is 43.2 Å². The summed E-state index contributed by atoms with van der Waals surface area (Å²) in [7, 11) is 1.73. The number of nitrogens with zero attached hydrogens (tertiary/aromatic N) is 2. The Morgan fingerprint density at radius 1 is 1.55 bits per heavy atom. The van der Waals surface area contributed by atoms with Gasteiger partial charge >= 0.3 is 0 Å². The molecule has 1 saturated heterocycles. The van der Waals surface area contributed by atoms with Gasteiger partial charge in [0.25, 0.3) is 0 Å². The number of aromatic nitrogens is 2. The van der Waals surface area contributed by atoms with Crippen molar-refractivity contribution in [1.82, 2.24) is 15.1 Å². The molecule has 0 spiro atoms. The third kappa shape index (κ3) is 4.30. The topological polar surface area (TPSA) is 48.3 Å². The Balaban J connectivity index is 1.91. The van der Waals surface area contributed by atoms with Gasteiger partial charge in [-0.25, -0.2) is 0 Å². The molecule has 1 N–H and O–H groups in total. The molecular weight excluding hydrogens is 254 g/mol. The maximum absolute atomic E-state index is 6.00. The monoisotopic (exact) mass is 281 g/mol. The molecule has 0 aromatic carbocycles. The molecule has 1 aliphatic heterocycles. The number of aryl methyl sites for hydroxylation is 1. The molecule has 5 heteroatoms. The van der Waals surface area contributed by atoms with Crippen LogP contribution < -0.4 is 5.32 Å². The summed E-state index contributed by atoms with van der Waals surface area (Å²) in [5, 5.41) is 7.88. The predicted octanol–water partition coefficient (Wildman–Crippen LogP) is 2.00. The lowest BCUT2D eigenvalue weighted by molar-refractivity contribution is -0.0280. The van der Waals surface area contributed by atoms with Crippen molar-refractivity contribution in [2.75, 3.05) is 33.4 Å². The van der Waals surface area contributed by atoms with Crippen molar-refractivity contribution in [3.8, 4) is 0 Å². The van der Waals surface area contributed by atoms with E-state index < -0.39 is 0 Å². The summed E-state index contributed by atoms with van der Waals surface area (Å²) in [6, 6.07) is 0. The van der Waals surface area contributed by atoms with Crippen molar-refractivity contribution in [3.63, 3.8) is 0 Å². The largest absolute Gasteiger partial charge is 0.383 e. The zero-order chi connectivity index (χ0) is 14.2. The second kappa shape index (κ2) is 8.39. The van der Waals surface area contributed by atoms with Crippen molar-refractivity contribution < 1.29 is 9.47 Å². The predicted molar refractivity (Wildman–Crippen MR) is 78.7 cm³/mol. The van der Waals surface area contributed by atoms with E-state index >= 15 is 0 Å². The van der Waals surface area contributed by atoms with E-state index in [9.17, 15) is 0 Å². The molecule has 0 aliphatic carbocycles. The van der Waals surface area contributed by atoms with Gasteiger partial charge in [0, 0.05) is 51.0 Å². The van der Waals surface area contributed by atoms with Crippen LogP contribution in [0.4, 0.5) is 0 Å². The number of ether oxygens (including phenoxy) is 2. The van der Waals surface area contributed by atoms with Crippen LogP contribution in [0, 0.1) is 5.92 Å². The highest BCUT2D eigenvalue weighted by Gasteiger charge is 2.28. The molecule has 0 amide bonds. The van der Waals surface area contributed by atoms with E-state index in [2.05, 4.69) is 23.5 Å². The van der Waals surface area contributed by atoms with Crippen LogP contribution in [0.5, 0.6) is 0 Å². The molecule has 5 nitrogen and oxygen atoms in total. The van der Waals surface area contributed by atoms with Gasteiger partial charge in [-0.2, -0.15) is 5.10 Å². The van der Waals surface area contributed by atoms with Gasteiger partial charge in [0.1, 0.15) is 0 Å². The summed E-state index contributed by atoms with van der Waals surface area (Å²) >= 11 is 0. The Bertz CT molecular complexity index is 381. The van der Waals surface area contributed by atoms with Crippen molar-refractivity contribution in [2.45, 2.75) is 38.8 Å². The fourth-order valence-corrected chi connectivity index (χ4v) is 2.76. The van der Waals surface area contributed by atoms with Crippen molar-refractivity contribution >= 4 is 0 Å². The molecule has 2 unspecified atom stereocenters. The van der Waals surface area contributed by atoms with Gasteiger partial charge in [-0.15, -0.1) is 0 Å². The van der Waals surface area contributed by atoms with E-state index in [1.807, 2.05) is 10.9 Å². The lowest BCUT2D eigenvalue weighted by atomic mass is 9.91. The van der Waals surface area contributed by atoms with Gasteiger partial charge in [0.05, 0.1) is 18.9 Å². The number of methoxy groups -OCH3 is 1. The molecule has 1 aromatic heterocycles. The smallest absolute Gasteiger partial charge is 0.0895 e. The van der Waals surface area contributed by atoms with E-state index in [1.165, 1.54) is 12.0 Å². The van der Waals surface area contributed by atoms with Crippen LogP contribution in [-0.2, 0) is 16.0 Å². The minimum absolute atomic E-state index is 0.185. The Hall–Kier alpha value is -0.910. The van der Waals surface area contributed by atoms with Gasteiger partial charge in [0.15, 0.2) is 0 Å². The summed E-state index contributed by atoms with van der Waals surface area (Å²) in [6.07, 6.45) is 7.76. The van der Waals surface area contributed by atoms with Crippen molar-refractivity contribution in [3.05, 3.63) is 18.0 Å². The van der Waals surface area contributed by atoms with E-state index in [1.54, 1.807) is 7.11 Å². The summed E-state index contributed by atoms with van der Waals surface area (Å²) < 4.78 is 13.1. The molecule has 0 saturated carbocycles. The third-order valence-electron chi connectivity index (χ3n) is 3.77. The number of nitrogens with one attached hydrogen (secondary N) is 1. The number of hydrogen-bond acceptors (Lipinski definition) is 4. The Morgan fingerprint density at radius 2 is 2.45 bits per heavy atom. The first-order chi connectivity index (χ1) is 9.85. The lowest BCUT2D eigenvalue weighted by Crippen LogP contribution is -2.33. The SMILES string of the molecule is CCCn1cc(C2OCCCC2CNCCOC)cn1. The molecule has 2 heterocycles. The van der Waals surface area contributed by atoms with Crippen molar-refractivity contribution in [1.29, 1.82) is 0 Å². The molecule has 1 aliphatic rings. The van der Waals surface area contributed by atoms with Gasteiger partial charge in [-0.05, 0) is 19.3 Å². The molecule has 20 heavy (non-hydrogen) atoms. The Labute approximate surface area is 121 Å². The summed E-state index contributed by atoms with van der Waals surface area (Å²) in [4.78, 5) is 0. The number of rotatable bonds is 8. The normalized spacial score (nSPS) is 23.1. The third-order valence-corrected chi connectivity index (χ3v) is 3.77. The first-order valence-corrected chi connectivity index (χ1v) is 7.68. The van der Waals surface area contributed by atoms with Crippen LogP contribution in [0.3, 0.4) is 0 Å². The minimum atomic E-state index is 0.185. The highest BCUT2D eigenvalue weighted by atomic mass is 16.5.